The van der Waals surface area contributed by atoms with Crippen LogP contribution in [-0.4, -0.2) is 74.1 Å². The summed E-state index contributed by atoms with van der Waals surface area (Å²) in [4.78, 5) is 14.1. The van der Waals surface area contributed by atoms with E-state index in [2.05, 4.69) is 38.2 Å². The first-order valence-electron chi connectivity index (χ1n) is 19.6. The molecule has 49 heavy (non-hydrogen) atoms. The van der Waals surface area contributed by atoms with E-state index in [0.717, 1.165) is 69.1 Å². The Kier molecular flexibility index (Phi) is 31.8. The van der Waals surface area contributed by atoms with Crippen molar-refractivity contribution >= 4 is 26.1 Å². The summed E-state index contributed by atoms with van der Waals surface area (Å²) in [6, 6.07) is 0. The largest absolute Gasteiger partial charge is 0.380 e. The van der Waals surface area contributed by atoms with Gasteiger partial charge in [-0.15, -0.1) is 0 Å². The molecule has 0 aromatic carbocycles. The predicted octanol–water partition coefficient (Wildman–Crippen LogP) is 9.88. The predicted molar refractivity (Wildman–Crippen MR) is 204 cm³/mol. The minimum absolute atomic E-state index is 0.133. The average Bonchev–Trinajstić information content (AvgIpc) is 3.04. The molecule has 0 aromatic heterocycles. The zero-order valence-electron chi connectivity index (χ0n) is 31.2. The normalized spacial score (nSPS) is 13.1. The molecule has 0 aliphatic rings. The third-order valence-electron chi connectivity index (χ3n) is 8.85. The molecule has 0 radical (unpaired) electrons. The van der Waals surface area contributed by atoms with Crippen molar-refractivity contribution in [2.45, 2.75) is 180 Å². The number of allylic oxidation sites excluding steroid dienone is 4. The zero-order chi connectivity index (χ0) is 36.5. The third kappa shape index (κ3) is 33.6. The van der Waals surface area contributed by atoms with Crippen molar-refractivity contribution in [3.8, 4) is 0 Å². The number of rotatable bonds is 36. The Morgan fingerprint density at radius 2 is 1.08 bits per heavy atom. The van der Waals surface area contributed by atoms with Crippen LogP contribution in [0.2, 0.25) is 0 Å². The van der Waals surface area contributed by atoms with Crippen LogP contribution >= 0.6 is 0 Å². The van der Waals surface area contributed by atoms with Crippen molar-refractivity contribution in [1.82, 2.24) is 4.90 Å². The lowest BCUT2D eigenvalue weighted by molar-refractivity contribution is -0.131. The van der Waals surface area contributed by atoms with Gasteiger partial charge in [0.2, 0.25) is 5.91 Å². The summed E-state index contributed by atoms with van der Waals surface area (Å²) in [5.74, 6) is -1.11. The molecule has 0 fully saturated rings. The minimum atomic E-state index is -4.56. The Labute approximate surface area is 301 Å². The summed E-state index contributed by atoms with van der Waals surface area (Å²) in [6.45, 7) is 3.74. The first kappa shape index (κ1) is 47.7. The SMILES string of the molecule is CCCCCC=CCC=CCCCCCCCC(=O)N(CCS(=O)(=O)O)CC(COCCCCCCCCCCCCCCC)S(=O)(=O)O. The highest BCUT2D eigenvalue weighted by atomic mass is 32.2. The molecule has 9 nitrogen and oxygen atoms in total. The molecular formula is C38H73NO8S2. The number of nitrogens with zero attached hydrogens (tertiary/aromatic N) is 1. The second-order valence-corrected chi connectivity index (χ2v) is 16.8. The molecule has 0 rings (SSSR count). The first-order valence-corrected chi connectivity index (χ1v) is 22.7. The maximum atomic E-state index is 13.0. The van der Waals surface area contributed by atoms with E-state index in [1.54, 1.807) is 0 Å². The van der Waals surface area contributed by atoms with Gasteiger partial charge < -0.3 is 9.64 Å². The number of hydrogen-bond donors (Lipinski definition) is 2. The maximum Gasteiger partial charge on any atom is 0.271 e. The van der Waals surface area contributed by atoms with Crippen molar-refractivity contribution in [2.75, 3.05) is 32.1 Å². The highest BCUT2D eigenvalue weighted by molar-refractivity contribution is 7.86. The Morgan fingerprint density at radius 1 is 0.633 bits per heavy atom. The number of ether oxygens (including phenoxy) is 1. The van der Waals surface area contributed by atoms with Crippen LogP contribution < -0.4 is 0 Å². The molecule has 290 valence electrons. The summed E-state index contributed by atoms with van der Waals surface area (Å²) in [5.41, 5.74) is 0. The summed E-state index contributed by atoms with van der Waals surface area (Å²) in [5, 5.41) is -1.40. The molecule has 1 unspecified atom stereocenters. The monoisotopic (exact) mass is 735 g/mol. The third-order valence-corrected chi connectivity index (χ3v) is 10.7. The summed E-state index contributed by atoms with van der Waals surface area (Å²) in [7, 11) is -8.92. The van der Waals surface area contributed by atoms with Gasteiger partial charge in [-0.05, 0) is 44.9 Å². The highest BCUT2D eigenvalue weighted by Gasteiger charge is 2.29. The number of amides is 1. The van der Waals surface area contributed by atoms with Gasteiger partial charge in [0.05, 0.1) is 12.4 Å². The molecule has 0 bridgehead atoms. The number of unbranched alkanes of at least 4 members (excludes halogenated alkanes) is 20. The second-order valence-electron chi connectivity index (χ2n) is 13.6. The first-order chi connectivity index (χ1) is 23.5. The minimum Gasteiger partial charge on any atom is -0.380 e. The molecule has 0 saturated carbocycles. The van der Waals surface area contributed by atoms with Crippen LogP contribution in [-0.2, 0) is 29.8 Å². The van der Waals surface area contributed by atoms with Gasteiger partial charge in [0.25, 0.3) is 20.2 Å². The molecule has 0 heterocycles. The maximum absolute atomic E-state index is 13.0. The Bertz CT molecular complexity index is 1040. The lowest BCUT2D eigenvalue weighted by Gasteiger charge is -2.26. The number of carbonyl (C=O) groups is 1. The lowest BCUT2D eigenvalue weighted by Crippen LogP contribution is -2.44. The van der Waals surface area contributed by atoms with Crippen LogP contribution in [0.4, 0.5) is 0 Å². The molecule has 0 aliphatic carbocycles. The van der Waals surface area contributed by atoms with Gasteiger partial charge in [0.15, 0.2) is 0 Å². The lowest BCUT2D eigenvalue weighted by atomic mass is 10.0. The van der Waals surface area contributed by atoms with Gasteiger partial charge in [-0.1, -0.05) is 147 Å². The fourth-order valence-corrected chi connectivity index (χ4v) is 6.79. The van der Waals surface area contributed by atoms with Crippen LogP contribution in [0.5, 0.6) is 0 Å². The molecule has 0 aliphatic heterocycles. The van der Waals surface area contributed by atoms with Gasteiger partial charge in [-0.25, -0.2) is 0 Å². The summed E-state index contributed by atoms with van der Waals surface area (Å²) in [6.07, 6.45) is 36.2. The Balaban J connectivity index is 4.39. The van der Waals surface area contributed by atoms with E-state index in [-0.39, 0.29) is 19.6 Å². The van der Waals surface area contributed by atoms with Gasteiger partial charge in [0.1, 0.15) is 5.25 Å². The Hall–Kier alpha value is -1.27. The van der Waals surface area contributed by atoms with Gasteiger partial charge in [-0.2, -0.15) is 16.8 Å². The van der Waals surface area contributed by atoms with Crippen molar-refractivity contribution in [1.29, 1.82) is 0 Å². The van der Waals surface area contributed by atoms with E-state index in [4.69, 9.17) is 4.74 Å². The zero-order valence-corrected chi connectivity index (χ0v) is 32.8. The molecule has 1 atom stereocenters. The van der Waals surface area contributed by atoms with E-state index in [1.165, 1.54) is 83.5 Å². The highest BCUT2D eigenvalue weighted by Crippen LogP contribution is 2.14. The number of carbonyl (C=O) groups excluding carboxylic acids is 1. The topological polar surface area (TPSA) is 138 Å². The van der Waals surface area contributed by atoms with Crippen molar-refractivity contribution in [3.05, 3.63) is 24.3 Å². The van der Waals surface area contributed by atoms with Crippen LogP contribution in [0.1, 0.15) is 174 Å². The molecule has 0 spiro atoms. The standard InChI is InChI=1S/C38H73NO8S2/c1-3-5-7-9-11-13-15-17-18-19-21-23-25-27-29-31-38(40)39(32-34-48(41,42)43)35-37(49(44,45)46)36-47-33-30-28-26-24-22-20-16-14-12-10-8-6-4-2/h11,13,17-18,37H,3-10,12,14-16,19-36H2,1-2H3,(H,41,42,43)(H,44,45,46). The quantitative estimate of drug-likeness (QED) is 0.0368. The van der Waals surface area contributed by atoms with Gasteiger partial charge >= 0.3 is 0 Å². The molecule has 11 heteroatoms. The molecule has 0 aromatic rings. The van der Waals surface area contributed by atoms with Crippen LogP contribution in [0.3, 0.4) is 0 Å². The molecular weight excluding hydrogens is 663 g/mol. The fraction of sp³-hybridized carbons (Fsp3) is 0.868. The summed E-state index contributed by atoms with van der Waals surface area (Å²) >= 11 is 0. The van der Waals surface area contributed by atoms with Gasteiger partial charge in [0, 0.05) is 26.1 Å². The second kappa shape index (κ2) is 32.6. The van der Waals surface area contributed by atoms with Crippen molar-refractivity contribution in [2.24, 2.45) is 0 Å². The van der Waals surface area contributed by atoms with Crippen LogP contribution in [0.25, 0.3) is 0 Å². The molecule has 0 saturated heterocycles. The molecule has 1 amide bonds. The molecule has 2 N–H and O–H groups in total. The van der Waals surface area contributed by atoms with Crippen molar-refractivity contribution in [3.63, 3.8) is 0 Å². The fourth-order valence-electron chi connectivity index (χ4n) is 5.70. The van der Waals surface area contributed by atoms with Crippen LogP contribution in [0, 0.1) is 0 Å². The van der Waals surface area contributed by atoms with Crippen LogP contribution in [0.15, 0.2) is 24.3 Å². The number of hydrogen-bond acceptors (Lipinski definition) is 6. The van der Waals surface area contributed by atoms with E-state index >= 15 is 0 Å². The van der Waals surface area contributed by atoms with E-state index < -0.39 is 43.7 Å². The van der Waals surface area contributed by atoms with E-state index in [1.807, 2.05) is 0 Å². The van der Waals surface area contributed by atoms with Crippen molar-refractivity contribution < 1.29 is 35.5 Å². The Morgan fingerprint density at radius 3 is 1.59 bits per heavy atom. The smallest absolute Gasteiger partial charge is 0.271 e. The van der Waals surface area contributed by atoms with E-state index in [0.29, 0.717) is 13.0 Å². The van der Waals surface area contributed by atoms with Gasteiger partial charge in [-0.3, -0.25) is 13.9 Å². The average molecular weight is 736 g/mol. The van der Waals surface area contributed by atoms with E-state index in [9.17, 15) is 30.7 Å². The summed E-state index contributed by atoms with van der Waals surface area (Å²) < 4.78 is 71.7.